The van der Waals surface area contributed by atoms with Crippen LogP contribution in [-0.2, 0) is 4.74 Å². The Hall–Kier alpha value is 0.730. The van der Waals surface area contributed by atoms with Crippen LogP contribution in [0.15, 0.2) is 11.0 Å². The highest BCUT2D eigenvalue weighted by atomic mass is 127. The minimum absolute atomic E-state index is 0.241. The Bertz CT molecular complexity index is 327. The smallest absolute Gasteiger partial charge is 0.349 e. The van der Waals surface area contributed by atoms with Gasteiger partial charge in [0.15, 0.2) is 0 Å². The second-order valence-corrected chi connectivity index (χ2v) is 7.15. The summed E-state index contributed by atoms with van der Waals surface area (Å²) in [6.07, 6.45) is 0. The SMILES string of the molecule is COC(=O)c1sc(I)cc1SCCBr. The summed E-state index contributed by atoms with van der Waals surface area (Å²) in [6.45, 7) is 0. The zero-order chi connectivity index (χ0) is 10.6. The second-order valence-electron chi connectivity index (χ2n) is 2.27. The summed E-state index contributed by atoms with van der Waals surface area (Å²) in [5, 5.41) is 0.921. The van der Waals surface area contributed by atoms with Gasteiger partial charge in [-0.3, -0.25) is 0 Å². The molecule has 0 bridgehead atoms. The molecule has 0 amide bonds. The van der Waals surface area contributed by atoms with Gasteiger partial charge in [0, 0.05) is 16.0 Å². The molecular formula is C8H8BrIO2S2. The van der Waals surface area contributed by atoms with Crippen molar-refractivity contribution in [1.29, 1.82) is 0 Å². The fourth-order valence-corrected chi connectivity index (χ4v) is 4.29. The third-order valence-corrected chi connectivity index (χ3v) is 5.34. The first-order valence-corrected chi connectivity index (χ1v) is 7.75. The number of thioether (sulfide) groups is 1. The highest BCUT2D eigenvalue weighted by molar-refractivity contribution is 14.1. The number of ether oxygens (including phenoxy) is 1. The zero-order valence-corrected chi connectivity index (χ0v) is 12.8. The summed E-state index contributed by atoms with van der Waals surface area (Å²) in [5.41, 5.74) is 0. The number of hydrogen-bond donors (Lipinski definition) is 0. The molecular weight excluding hydrogens is 399 g/mol. The number of alkyl halides is 1. The number of rotatable bonds is 4. The number of hydrogen-bond acceptors (Lipinski definition) is 4. The first-order chi connectivity index (χ1) is 6.69. The molecule has 0 N–H and O–H groups in total. The lowest BCUT2D eigenvalue weighted by Crippen LogP contribution is -1.99. The monoisotopic (exact) mass is 406 g/mol. The van der Waals surface area contributed by atoms with Crippen LogP contribution in [0.3, 0.4) is 0 Å². The van der Waals surface area contributed by atoms with E-state index in [4.69, 9.17) is 4.74 Å². The average Bonchev–Trinajstić information content (AvgIpc) is 2.55. The van der Waals surface area contributed by atoms with Crippen molar-refractivity contribution in [3.63, 3.8) is 0 Å². The maximum atomic E-state index is 11.4. The summed E-state index contributed by atoms with van der Waals surface area (Å²) in [6, 6.07) is 2.02. The van der Waals surface area contributed by atoms with E-state index in [0.717, 1.165) is 18.9 Å². The minimum atomic E-state index is -0.241. The van der Waals surface area contributed by atoms with E-state index >= 15 is 0 Å². The van der Waals surface area contributed by atoms with Crippen LogP contribution in [0.5, 0.6) is 0 Å². The van der Waals surface area contributed by atoms with Gasteiger partial charge in [-0.15, -0.1) is 23.1 Å². The molecule has 0 aromatic carbocycles. The molecule has 6 heteroatoms. The molecule has 14 heavy (non-hydrogen) atoms. The van der Waals surface area contributed by atoms with Crippen molar-refractivity contribution in [3.8, 4) is 0 Å². The van der Waals surface area contributed by atoms with Gasteiger partial charge in [-0.05, 0) is 28.7 Å². The third-order valence-electron chi connectivity index (χ3n) is 1.37. The van der Waals surface area contributed by atoms with Crippen LogP contribution < -0.4 is 0 Å². The number of halogens is 2. The van der Waals surface area contributed by atoms with Crippen LogP contribution in [0, 0.1) is 2.88 Å². The molecule has 0 spiro atoms. The van der Waals surface area contributed by atoms with E-state index < -0.39 is 0 Å². The van der Waals surface area contributed by atoms with Gasteiger partial charge < -0.3 is 4.74 Å². The van der Waals surface area contributed by atoms with Crippen molar-refractivity contribution >= 4 is 67.6 Å². The highest BCUT2D eigenvalue weighted by Crippen LogP contribution is 2.32. The van der Waals surface area contributed by atoms with Crippen molar-refractivity contribution in [1.82, 2.24) is 0 Å². The van der Waals surface area contributed by atoms with E-state index in [9.17, 15) is 4.79 Å². The average molecular weight is 407 g/mol. The molecule has 0 saturated heterocycles. The zero-order valence-electron chi connectivity index (χ0n) is 7.38. The highest BCUT2D eigenvalue weighted by Gasteiger charge is 2.15. The van der Waals surface area contributed by atoms with Gasteiger partial charge in [-0.25, -0.2) is 4.79 Å². The molecule has 0 aliphatic carbocycles. The van der Waals surface area contributed by atoms with Gasteiger partial charge in [0.1, 0.15) is 4.88 Å². The van der Waals surface area contributed by atoms with Crippen LogP contribution in [0.25, 0.3) is 0 Å². The molecule has 0 unspecified atom stereocenters. The van der Waals surface area contributed by atoms with Crippen LogP contribution in [-0.4, -0.2) is 24.2 Å². The minimum Gasteiger partial charge on any atom is -0.465 e. The third kappa shape index (κ3) is 3.39. The van der Waals surface area contributed by atoms with Gasteiger partial charge in [0.05, 0.1) is 9.99 Å². The molecule has 0 aliphatic rings. The van der Waals surface area contributed by atoms with Crippen LogP contribution in [0.4, 0.5) is 0 Å². The maximum Gasteiger partial charge on any atom is 0.349 e. The Balaban J connectivity index is 2.85. The lowest BCUT2D eigenvalue weighted by atomic mass is 10.5. The first-order valence-electron chi connectivity index (χ1n) is 3.75. The van der Waals surface area contributed by atoms with E-state index in [1.165, 1.54) is 18.4 Å². The summed E-state index contributed by atoms with van der Waals surface area (Å²) in [4.78, 5) is 13.1. The Morgan fingerprint density at radius 3 is 3.07 bits per heavy atom. The van der Waals surface area contributed by atoms with E-state index in [1.807, 2.05) is 6.07 Å². The first kappa shape index (κ1) is 12.8. The molecule has 0 aliphatic heterocycles. The molecule has 1 rings (SSSR count). The molecule has 0 radical (unpaired) electrons. The van der Waals surface area contributed by atoms with Crippen molar-refractivity contribution in [2.75, 3.05) is 18.2 Å². The standard InChI is InChI=1S/C8H8BrIO2S2/c1-12-8(11)7-5(13-3-2-9)4-6(10)14-7/h4H,2-3H2,1H3. The predicted molar refractivity (Wildman–Crippen MR) is 72.9 cm³/mol. The largest absolute Gasteiger partial charge is 0.465 e. The van der Waals surface area contributed by atoms with E-state index in [-0.39, 0.29) is 5.97 Å². The Morgan fingerprint density at radius 2 is 2.50 bits per heavy atom. The fraction of sp³-hybridized carbons (Fsp3) is 0.375. The predicted octanol–water partition coefficient (Wildman–Crippen LogP) is 3.63. The van der Waals surface area contributed by atoms with Gasteiger partial charge in [-0.2, -0.15) is 0 Å². The maximum absolute atomic E-state index is 11.4. The number of methoxy groups -OCH3 is 1. The number of thiophene rings is 1. The molecule has 0 fully saturated rings. The van der Waals surface area contributed by atoms with Gasteiger partial charge >= 0.3 is 5.97 Å². The van der Waals surface area contributed by atoms with Gasteiger partial charge in [-0.1, -0.05) is 15.9 Å². The number of carbonyl (C=O) groups is 1. The molecule has 78 valence electrons. The van der Waals surface area contributed by atoms with Crippen molar-refractivity contribution in [3.05, 3.63) is 13.8 Å². The van der Waals surface area contributed by atoms with Crippen LogP contribution >= 0.6 is 61.6 Å². The van der Waals surface area contributed by atoms with Crippen molar-refractivity contribution < 1.29 is 9.53 Å². The quantitative estimate of drug-likeness (QED) is 0.330. The van der Waals surface area contributed by atoms with E-state index in [2.05, 4.69) is 38.5 Å². The lowest BCUT2D eigenvalue weighted by Gasteiger charge is -1.99. The van der Waals surface area contributed by atoms with Gasteiger partial charge in [0.25, 0.3) is 0 Å². The Morgan fingerprint density at radius 1 is 1.79 bits per heavy atom. The van der Waals surface area contributed by atoms with Crippen LogP contribution in [0.2, 0.25) is 0 Å². The van der Waals surface area contributed by atoms with Gasteiger partial charge in [0.2, 0.25) is 0 Å². The summed E-state index contributed by atoms with van der Waals surface area (Å²) >= 11 is 8.71. The summed E-state index contributed by atoms with van der Waals surface area (Å²) < 4.78 is 5.82. The van der Waals surface area contributed by atoms with Crippen molar-refractivity contribution in [2.24, 2.45) is 0 Å². The second kappa shape index (κ2) is 6.34. The molecule has 1 heterocycles. The lowest BCUT2D eigenvalue weighted by molar-refractivity contribution is 0.0603. The topological polar surface area (TPSA) is 26.3 Å². The van der Waals surface area contributed by atoms with E-state index in [1.54, 1.807) is 11.8 Å². The molecule has 1 aromatic heterocycles. The molecule has 0 atom stereocenters. The van der Waals surface area contributed by atoms with Crippen LogP contribution in [0.1, 0.15) is 9.67 Å². The molecule has 0 saturated carbocycles. The number of esters is 1. The number of carbonyl (C=O) groups excluding carboxylic acids is 1. The van der Waals surface area contributed by atoms with E-state index in [0.29, 0.717) is 4.88 Å². The fourth-order valence-electron chi connectivity index (χ4n) is 0.837. The Labute approximate surface area is 113 Å². The summed E-state index contributed by atoms with van der Waals surface area (Å²) in [5.74, 6) is 0.714. The normalized spacial score (nSPS) is 10.2. The Kier molecular flexibility index (Phi) is 5.80. The van der Waals surface area contributed by atoms with Crippen molar-refractivity contribution in [2.45, 2.75) is 4.90 Å². The molecule has 1 aromatic rings. The molecule has 2 nitrogen and oxygen atoms in total. The summed E-state index contributed by atoms with van der Waals surface area (Å²) in [7, 11) is 1.41.